The van der Waals surface area contributed by atoms with Gasteiger partial charge in [-0.05, 0) is 24.6 Å². The Balaban J connectivity index is 1.87. The summed E-state index contributed by atoms with van der Waals surface area (Å²) in [5.74, 6) is -0.641. The van der Waals surface area contributed by atoms with Crippen molar-refractivity contribution >= 4 is 16.9 Å². The summed E-state index contributed by atoms with van der Waals surface area (Å²) in [6, 6.07) is 11.1. The molecule has 0 aliphatic heterocycles. The van der Waals surface area contributed by atoms with E-state index in [1.165, 1.54) is 31.7 Å². The average Bonchev–Trinajstić information content (AvgIpc) is 3.20. The number of benzene rings is 1. The van der Waals surface area contributed by atoms with Crippen LogP contribution in [0, 0.1) is 0 Å². The summed E-state index contributed by atoms with van der Waals surface area (Å²) in [5.41, 5.74) is 1.75. The first kappa shape index (κ1) is 16.3. The smallest absolute Gasteiger partial charge is 0.371 e. The van der Waals surface area contributed by atoms with Gasteiger partial charge in [0.1, 0.15) is 5.69 Å². The number of aromatic carboxylic acids is 1. The maximum absolute atomic E-state index is 11.0. The number of unbranched alkanes of at least 4 members (excludes halogenated alkanes) is 4. The van der Waals surface area contributed by atoms with E-state index >= 15 is 0 Å². The largest absolute Gasteiger partial charge is 0.475 e. The van der Waals surface area contributed by atoms with Gasteiger partial charge < -0.3 is 9.52 Å². The summed E-state index contributed by atoms with van der Waals surface area (Å²) in [6.07, 6.45) is 6.04. The fraction of sp³-hybridized carbons (Fsp3) is 0.368. The normalized spacial score (nSPS) is 11.2. The molecule has 0 fully saturated rings. The fourth-order valence-electron chi connectivity index (χ4n) is 2.93. The molecule has 0 amide bonds. The van der Waals surface area contributed by atoms with E-state index < -0.39 is 5.97 Å². The van der Waals surface area contributed by atoms with Gasteiger partial charge in [-0.2, -0.15) is 5.10 Å². The third kappa shape index (κ3) is 3.35. The molecule has 0 aliphatic rings. The first-order valence-electron chi connectivity index (χ1n) is 8.49. The number of fused-ring (bicyclic) bond motifs is 1. The minimum atomic E-state index is -1.07. The molecule has 0 aliphatic carbocycles. The fourth-order valence-corrected chi connectivity index (χ4v) is 2.93. The highest BCUT2D eigenvalue weighted by atomic mass is 16.4. The second kappa shape index (κ2) is 7.34. The highest BCUT2D eigenvalue weighted by molar-refractivity contribution is 5.93. The summed E-state index contributed by atoms with van der Waals surface area (Å²) < 4.78 is 7.43. The number of rotatable bonds is 8. The molecule has 5 heteroatoms. The maximum atomic E-state index is 11.0. The summed E-state index contributed by atoms with van der Waals surface area (Å²) in [5, 5.41) is 14.7. The van der Waals surface area contributed by atoms with E-state index in [1.54, 1.807) is 6.07 Å². The van der Waals surface area contributed by atoms with Gasteiger partial charge >= 0.3 is 5.97 Å². The number of aryl methyl sites for hydroxylation is 1. The van der Waals surface area contributed by atoms with Gasteiger partial charge in [0, 0.05) is 11.9 Å². The molecule has 3 aromatic rings. The topological polar surface area (TPSA) is 68.3 Å². The van der Waals surface area contributed by atoms with Crippen molar-refractivity contribution in [3.05, 3.63) is 42.2 Å². The molecule has 0 atom stereocenters. The Morgan fingerprint density at radius 1 is 1.12 bits per heavy atom. The Morgan fingerprint density at radius 2 is 1.92 bits per heavy atom. The van der Waals surface area contributed by atoms with Gasteiger partial charge in [0.2, 0.25) is 5.76 Å². The highest BCUT2D eigenvalue weighted by Crippen LogP contribution is 2.29. The third-order valence-corrected chi connectivity index (χ3v) is 4.18. The Kier molecular flexibility index (Phi) is 4.99. The standard InChI is InChI=1S/C19H22N2O3/c1-2-3-4-5-8-13-21-15-10-7-6-9-14(15)18(20-21)16-11-12-17(24-16)19(22)23/h6-7,9-12H,2-5,8,13H2,1H3,(H,22,23). The van der Waals surface area contributed by atoms with Crippen LogP contribution in [0.25, 0.3) is 22.4 Å². The molecule has 0 radical (unpaired) electrons. The molecule has 0 saturated carbocycles. The quantitative estimate of drug-likeness (QED) is 0.594. The van der Waals surface area contributed by atoms with E-state index in [0.717, 1.165) is 23.9 Å². The van der Waals surface area contributed by atoms with Crippen LogP contribution in [-0.4, -0.2) is 20.9 Å². The lowest BCUT2D eigenvalue weighted by Crippen LogP contribution is -2.00. The maximum Gasteiger partial charge on any atom is 0.371 e. The zero-order valence-corrected chi connectivity index (χ0v) is 13.9. The van der Waals surface area contributed by atoms with Crippen LogP contribution in [0.4, 0.5) is 0 Å². The van der Waals surface area contributed by atoms with E-state index in [2.05, 4.69) is 12.0 Å². The van der Waals surface area contributed by atoms with Crippen LogP contribution >= 0.6 is 0 Å². The molecule has 5 nitrogen and oxygen atoms in total. The van der Waals surface area contributed by atoms with Crippen LogP contribution in [0.2, 0.25) is 0 Å². The van der Waals surface area contributed by atoms with Crippen LogP contribution in [0.5, 0.6) is 0 Å². The lowest BCUT2D eigenvalue weighted by molar-refractivity contribution is 0.0663. The second-order valence-electron chi connectivity index (χ2n) is 5.97. The minimum absolute atomic E-state index is 0.0665. The van der Waals surface area contributed by atoms with Gasteiger partial charge in [-0.25, -0.2) is 4.79 Å². The number of nitrogens with zero attached hydrogens (tertiary/aromatic N) is 2. The molecule has 2 heterocycles. The van der Waals surface area contributed by atoms with Crippen molar-refractivity contribution in [2.45, 2.75) is 45.6 Å². The molecular formula is C19H22N2O3. The SMILES string of the molecule is CCCCCCCn1nc(-c2ccc(C(=O)O)o2)c2ccccc21. The second-order valence-corrected chi connectivity index (χ2v) is 5.97. The van der Waals surface area contributed by atoms with Crippen LogP contribution in [-0.2, 0) is 6.54 Å². The lowest BCUT2D eigenvalue weighted by atomic mass is 10.1. The van der Waals surface area contributed by atoms with Crippen molar-refractivity contribution in [3.8, 4) is 11.5 Å². The van der Waals surface area contributed by atoms with Gasteiger partial charge in [-0.1, -0.05) is 50.8 Å². The number of para-hydroxylation sites is 1. The monoisotopic (exact) mass is 326 g/mol. The Hall–Kier alpha value is -2.56. The summed E-state index contributed by atoms with van der Waals surface area (Å²) in [6.45, 7) is 3.07. The molecule has 2 aromatic heterocycles. The van der Waals surface area contributed by atoms with Crippen molar-refractivity contribution in [3.63, 3.8) is 0 Å². The minimum Gasteiger partial charge on any atom is -0.475 e. The zero-order valence-electron chi connectivity index (χ0n) is 13.9. The number of hydrogen-bond donors (Lipinski definition) is 1. The number of aromatic nitrogens is 2. The van der Waals surface area contributed by atoms with E-state index in [9.17, 15) is 4.79 Å². The first-order valence-corrected chi connectivity index (χ1v) is 8.49. The third-order valence-electron chi connectivity index (χ3n) is 4.18. The van der Waals surface area contributed by atoms with Crippen LogP contribution in [0.15, 0.2) is 40.8 Å². The van der Waals surface area contributed by atoms with Crippen LogP contribution in [0.1, 0.15) is 49.6 Å². The zero-order chi connectivity index (χ0) is 16.9. The van der Waals surface area contributed by atoms with E-state index in [4.69, 9.17) is 9.52 Å². The Morgan fingerprint density at radius 3 is 2.67 bits per heavy atom. The number of carbonyl (C=O) groups is 1. The molecule has 126 valence electrons. The summed E-state index contributed by atoms with van der Waals surface area (Å²) in [7, 11) is 0. The van der Waals surface area contributed by atoms with Crippen molar-refractivity contribution in [2.75, 3.05) is 0 Å². The molecule has 0 saturated heterocycles. The van der Waals surface area contributed by atoms with Crippen LogP contribution < -0.4 is 0 Å². The van der Waals surface area contributed by atoms with Gasteiger partial charge in [0.25, 0.3) is 0 Å². The Bertz CT molecular complexity index is 832. The molecule has 0 bridgehead atoms. The average molecular weight is 326 g/mol. The van der Waals surface area contributed by atoms with Gasteiger partial charge in [0.15, 0.2) is 5.76 Å². The molecule has 3 rings (SSSR count). The lowest BCUT2D eigenvalue weighted by Gasteiger charge is -2.03. The molecule has 0 spiro atoms. The van der Waals surface area contributed by atoms with Crippen molar-refractivity contribution < 1.29 is 14.3 Å². The molecule has 24 heavy (non-hydrogen) atoms. The van der Waals surface area contributed by atoms with E-state index in [1.807, 2.05) is 28.9 Å². The van der Waals surface area contributed by atoms with Gasteiger partial charge in [-0.3, -0.25) is 4.68 Å². The predicted octanol–water partition coefficient (Wildman–Crippen LogP) is 4.96. The highest BCUT2D eigenvalue weighted by Gasteiger charge is 2.17. The number of carboxylic acids is 1. The summed E-state index contributed by atoms with van der Waals surface area (Å²) in [4.78, 5) is 11.0. The van der Waals surface area contributed by atoms with Crippen molar-refractivity contribution in [1.82, 2.24) is 9.78 Å². The summed E-state index contributed by atoms with van der Waals surface area (Å²) >= 11 is 0. The first-order chi connectivity index (χ1) is 11.7. The predicted molar refractivity (Wildman–Crippen MR) is 93.2 cm³/mol. The van der Waals surface area contributed by atoms with Crippen molar-refractivity contribution in [2.24, 2.45) is 0 Å². The molecule has 1 aromatic carbocycles. The van der Waals surface area contributed by atoms with E-state index in [0.29, 0.717) is 11.5 Å². The van der Waals surface area contributed by atoms with E-state index in [-0.39, 0.29) is 5.76 Å². The number of hydrogen-bond acceptors (Lipinski definition) is 3. The molecule has 0 unspecified atom stereocenters. The molecular weight excluding hydrogens is 304 g/mol. The van der Waals surface area contributed by atoms with Gasteiger partial charge in [-0.15, -0.1) is 0 Å². The number of furan rings is 1. The van der Waals surface area contributed by atoms with Crippen molar-refractivity contribution in [1.29, 1.82) is 0 Å². The van der Waals surface area contributed by atoms with Gasteiger partial charge in [0.05, 0.1) is 5.52 Å². The van der Waals surface area contributed by atoms with Crippen LogP contribution in [0.3, 0.4) is 0 Å². The molecule has 1 N–H and O–H groups in total. The Labute approximate surface area is 140 Å². The number of carboxylic acid groups (broad SMARTS) is 1.